The van der Waals surface area contributed by atoms with E-state index < -0.39 is 0 Å². The fourth-order valence-corrected chi connectivity index (χ4v) is 3.29. The first-order valence-corrected chi connectivity index (χ1v) is 9.31. The van der Waals surface area contributed by atoms with E-state index in [1.807, 2.05) is 32.0 Å². The zero-order valence-electron chi connectivity index (χ0n) is 16.8. The van der Waals surface area contributed by atoms with Crippen molar-refractivity contribution in [1.82, 2.24) is 0 Å². The second kappa shape index (κ2) is 7.89. The Kier molecular flexibility index (Phi) is 5.54. The second-order valence-corrected chi connectivity index (χ2v) is 6.80. The molecule has 146 valence electrons. The summed E-state index contributed by atoms with van der Waals surface area (Å²) in [6.07, 6.45) is 3.61. The SMILES string of the molecule is CC=C(C)C(=O)OCc1c2c(C)cccc2c(OC(=O)CC)c2occ(C)c12. The third kappa shape index (κ3) is 3.40. The van der Waals surface area contributed by atoms with Crippen LogP contribution in [0.3, 0.4) is 0 Å². The van der Waals surface area contributed by atoms with E-state index in [0.29, 0.717) is 16.9 Å². The number of benzene rings is 2. The van der Waals surface area contributed by atoms with Crippen LogP contribution in [-0.2, 0) is 20.9 Å². The molecule has 0 aliphatic carbocycles. The molecule has 0 N–H and O–H groups in total. The molecule has 3 aromatic rings. The van der Waals surface area contributed by atoms with Gasteiger partial charge < -0.3 is 13.9 Å². The highest BCUT2D eigenvalue weighted by molar-refractivity contribution is 6.09. The molecule has 0 atom stereocenters. The molecular formula is C23H24O5. The van der Waals surface area contributed by atoms with Gasteiger partial charge in [-0.2, -0.15) is 0 Å². The molecule has 1 aromatic heterocycles. The van der Waals surface area contributed by atoms with Gasteiger partial charge in [0.05, 0.1) is 6.26 Å². The Bertz CT molecular complexity index is 1100. The largest absolute Gasteiger partial charge is 0.460 e. The van der Waals surface area contributed by atoms with Crippen LogP contribution < -0.4 is 4.74 Å². The summed E-state index contributed by atoms with van der Waals surface area (Å²) in [5.74, 6) is -0.283. The lowest BCUT2D eigenvalue weighted by atomic mass is 9.95. The lowest BCUT2D eigenvalue weighted by Gasteiger charge is -2.16. The number of furan rings is 1. The molecular weight excluding hydrogens is 356 g/mol. The number of esters is 2. The smallest absolute Gasteiger partial charge is 0.333 e. The van der Waals surface area contributed by atoms with Gasteiger partial charge in [0.15, 0.2) is 11.3 Å². The molecule has 3 rings (SSSR count). The van der Waals surface area contributed by atoms with Gasteiger partial charge in [0, 0.05) is 28.3 Å². The molecule has 5 heteroatoms. The molecule has 0 amide bonds. The molecule has 0 aliphatic heterocycles. The Morgan fingerprint density at radius 2 is 1.89 bits per heavy atom. The zero-order valence-corrected chi connectivity index (χ0v) is 16.8. The molecule has 0 aliphatic rings. The molecule has 0 saturated carbocycles. The van der Waals surface area contributed by atoms with Crippen molar-refractivity contribution in [3.05, 3.63) is 52.8 Å². The van der Waals surface area contributed by atoms with Crippen LogP contribution in [-0.4, -0.2) is 11.9 Å². The monoisotopic (exact) mass is 380 g/mol. The number of ether oxygens (including phenoxy) is 2. The first-order chi connectivity index (χ1) is 13.4. The number of hydrogen-bond acceptors (Lipinski definition) is 5. The van der Waals surface area contributed by atoms with Crippen LogP contribution in [0, 0.1) is 13.8 Å². The number of rotatable bonds is 5. The molecule has 2 aromatic carbocycles. The number of allylic oxidation sites excluding steroid dienone is 1. The van der Waals surface area contributed by atoms with Gasteiger partial charge >= 0.3 is 11.9 Å². The van der Waals surface area contributed by atoms with E-state index in [0.717, 1.165) is 32.8 Å². The summed E-state index contributed by atoms with van der Waals surface area (Å²) >= 11 is 0. The molecule has 0 radical (unpaired) electrons. The molecule has 1 heterocycles. The highest BCUT2D eigenvalue weighted by Crippen LogP contribution is 2.42. The lowest BCUT2D eigenvalue weighted by molar-refractivity contribution is -0.140. The van der Waals surface area contributed by atoms with Crippen molar-refractivity contribution in [2.75, 3.05) is 0 Å². The standard InChI is InChI=1S/C23H24O5/c1-6-13(3)23(25)27-12-17-19-14(4)9-8-10-16(19)21(28-18(24)7-2)22-20(17)15(5)11-26-22/h6,8-11H,7,12H2,1-5H3. The Hall–Kier alpha value is -3.08. The normalized spacial score (nSPS) is 11.8. The molecule has 28 heavy (non-hydrogen) atoms. The lowest BCUT2D eigenvalue weighted by Crippen LogP contribution is -2.09. The predicted octanol–water partition coefficient (Wildman–Crippen LogP) is 5.53. The Labute approximate surface area is 163 Å². The fraction of sp³-hybridized carbons (Fsp3) is 0.304. The second-order valence-electron chi connectivity index (χ2n) is 6.80. The summed E-state index contributed by atoms with van der Waals surface area (Å²) < 4.78 is 17.0. The van der Waals surface area contributed by atoms with E-state index in [1.54, 1.807) is 33.1 Å². The maximum absolute atomic E-state index is 12.2. The van der Waals surface area contributed by atoms with Crippen LogP contribution in [0.1, 0.15) is 43.9 Å². The minimum Gasteiger partial charge on any atom is -0.460 e. The Morgan fingerprint density at radius 3 is 2.57 bits per heavy atom. The Balaban J connectivity index is 2.27. The van der Waals surface area contributed by atoms with Crippen LogP contribution in [0.2, 0.25) is 0 Å². The molecule has 0 fully saturated rings. The quantitative estimate of drug-likeness (QED) is 0.331. The van der Waals surface area contributed by atoms with Crippen LogP contribution in [0.25, 0.3) is 21.7 Å². The van der Waals surface area contributed by atoms with Crippen molar-refractivity contribution in [2.24, 2.45) is 0 Å². The summed E-state index contributed by atoms with van der Waals surface area (Å²) in [5.41, 5.74) is 3.79. The number of hydrogen-bond donors (Lipinski definition) is 0. The fourth-order valence-electron chi connectivity index (χ4n) is 3.29. The van der Waals surface area contributed by atoms with Crippen molar-refractivity contribution in [2.45, 2.75) is 47.6 Å². The van der Waals surface area contributed by atoms with E-state index in [9.17, 15) is 9.59 Å². The van der Waals surface area contributed by atoms with Gasteiger partial charge in [0.1, 0.15) is 6.61 Å². The Morgan fingerprint density at radius 1 is 1.14 bits per heavy atom. The van der Waals surface area contributed by atoms with Gasteiger partial charge in [0.25, 0.3) is 0 Å². The van der Waals surface area contributed by atoms with Crippen molar-refractivity contribution in [1.29, 1.82) is 0 Å². The first kappa shape index (κ1) is 19.7. The molecule has 0 bridgehead atoms. The summed E-state index contributed by atoms with van der Waals surface area (Å²) in [5, 5.41) is 2.48. The van der Waals surface area contributed by atoms with Crippen molar-refractivity contribution in [3.63, 3.8) is 0 Å². The van der Waals surface area contributed by atoms with Crippen molar-refractivity contribution in [3.8, 4) is 5.75 Å². The number of carbonyl (C=O) groups excluding carboxylic acids is 2. The van der Waals surface area contributed by atoms with Crippen LogP contribution >= 0.6 is 0 Å². The van der Waals surface area contributed by atoms with Gasteiger partial charge in [-0.3, -0.25) is 4.79 Å². The number of carbonyl (C=O) groups is 2. The summed E-state index contributed by atoms with van der Waals surface area (Å²) in [6.45, 7) is 9.27. The molecule has 0 saturated heterocycles. The summed E-state index contributed by atoms with van der Waals surface area (Å²) in [7, 11) is 0. The van der Waals surface area contributed by atoms with E-state index in [4.69, 9.17) is 13.9 Å². The average Bonchev–Trinajstić information content (AvgIpc) is 3.08. The minimum absolute atomic E-state index is 0.101. The minimum atomic E-state index is -0.361. The van der Waals surface area contributed by atoms with Crippen LogP contribution in [0.5, 0.6) is 5.75 Å². The van der Waals surface area contributed by atoms with Gasteiger partial charge in [-0.25, -0.2) is 4.79 Å². The third-order valence-corrected chi connectivity index (χ3v) is 4.91. The van der Waals surface area contributed by atoms with Gasteiger partial charge in [-0.1, -0.05) is 31.2 Å². The zero-order chi connectivity index (χ0) is 20.4. The van der Waals surface area contributed by atoms with Gasteiger partial charge in [-0.15, -0.1) is 0 Å². The van der Waals surface area contributed by atoms with Crippen LogP contribution in [0.4, 0.5) is 0 Å². The highest BCUT2D eigenvalue weighted by atomic mass is 16.5. The third-order valence-electron chi connectivity index (χ3n) is 4.91. The topological polar surface area (TPSA) is 65.7 Å². The van der Waals surface area contributed by atoms with Crippen LogP contribution in [0.15, 0.2) is 40.5 Å². The number of fused-ring (bicyclic) bond motifs is 2. The van der Waals surface area contributed by atoms with E-state index in [1.165, 1.54) is 0 Å². The predicted molar refractivity (Wildman–Crippen MR) is 108 cm³/mol. The van der Waals surface area contributed by atoms with E-state index in [2.05, 4.69) is 0 Å². The number of aryl methyl sites for hydroxylation is 2. The first-order valence-electron chi connectivity index (χ1n) is 9.31. The van der Waals surface area contributed by atoms with Gasteiger partial charge in [0.2, 0.25) is 0 Å². The maximum atomic E-state index is 12.2. The van der Waals surface area contributed by atoms with E-state index >= 15 is 0 Å². The van der Waals surface area contributed by atoms with Crippen molar-refractivity contribution >= 4 is 33.7 Å². The maximum Gasteiger partial charge on any atom is 0.333 e. The molecule has 5 nitrogen and oxygen atoms in total. The van der Waals surface area contributed by atoms with Gasteiger partial charge in [-0.05, 0) is 44.2 Å². The summed E-state index contributed by atoms with van der Waals surface area (Å²) in [4.78, 5) is 24.2. The van der Waals surface area contributed by atoms with E-state index in [-0.39, 0.29) is 25.0 Å². The molecule has 0 unspecified atom stereocenters. The van der Waals surface area contributed by atoms with Crippen molar-refractivity contribution < 1.29 is 23.5 Å². The summed E-state index contributed by atoms with van der Waals surface area (Å²) in [6, 6.07) is 5.78. The average molecular weight is 380 g/mol. The highest BCUT2D eigenvalue weighted by Gasteiger charge is 2.23. The molecule has 0 spiro atoms.